The van der Waals surface area contributed by atoms with Gasteiger partial charge in [0.2, 0.25) is 0 Å². The van der Waals surface area contributed by atoms with Crippen molar-refractivity contribution >= 4 is 0 Å². The van der Waals surface area contributed by atoms with Crippen LogP contribution in [0.25, 0.3) is 0 Å². The summed E-state index contributed by atoms with van der Waals surface area (Å²) in [5, 5.41) is 10.6. The molecule has 18 heavy (non-hydrogen) atoms. The minimum Gasteiger partial charge on any atom is -0.497 e. The standard InChI is InChI=1S/C15H24O3/c1-5-15(6-2,18-7-3)14(16)12-8-10-13(17-4)11-9-12/h8-11,14,16H,5-7H2,1-4H3. The van der Waals surface area contributed by atoms with Crippen LogP contribution in [0.3, 0.4) is 0 Å². The first-order valence-electron chi connectivity index (χ1n) is 6.59. The van der Waals surface area contributed by atoms with Crippen molar-refractivity contribution < 1.29 is 14.6 Å². The molecule has 0 aliphatic carbocycles. The van der Waals surface area contributed by atoms with Crippen LogP contribution in [0.2, 0.25) is 0 Å². The Hall–Kier alpha value is -1.06. The lowest BCUT2D eigenvalue weighted by molar-refractivity contribution is -0.127. The number of rotatable bonds is 7. The summed E-state index contributed by atoms with van der Waals surface area (Å²) in [4.78, 5) is 0. The van der Waals surface area contributed by atoms with Crippen LogP contribution in [-0.2, 0) is 4.74 Å². The van der Waals surface area contributed by atoms with E-state index in [1.54, 1.807) is 7.11 Å². The molecule has 0 aliphatic rings. The molecule has 1 N–H and O–H groups in total. The largest absolute Gasteiger partial charge is 0.497 e. The second kappa shape index (κ2) is 6.76. The van der Waals surface area contributed by atoms with Gasteiger partial charge in [-0.15, -0.1) is 0 Å². The van der Waals surface area contributed by atoms with E-state index in [0.717, 1.165) is 24.2 Å². The molecule has 1 rings (SSSR count). The third kappa shape index (κ3) is 3.03. The number of hydrogen-bond acceptors (Lipinski definition) is 3. The number of aliphatic hydroxyl groups is 1. The van der Waals surface area contributed by atoms with Crippen LogP contribution >= 0.6 is 0 Å². The van der Waals surface area contributed by atoms with Crippen LogP contribution in [0.5, 0.6) is 5.75 Å². The van der Waals surface area contributed by atoms with Gasteiger partial charge in [-0.2, -0.15) is 0 Å². The molecule has 0 amide bonds. The molecule has 1 atom stereocenters. The zero-order valence-electron chi connectivity index (χ0n) is 11.8. The van der Waals surface area contributed by atoms with E-state index in [2.05, 4.69) is 0 Å². The Morgan fingerprint density at radius 2 is 1.67 bits per heavy atom. The maximum Gasteiger partial charge on any atom is 0.118 e. The average molecular weight is 252 g/mol. The SMILES string of the molecule is CCOC(CC)(CC)C(O)c1ccc(OC)cc1. The van der Waals surface area contributed by atoms with Crippen molar-refractivity contribution in [3.8, 4) is 5.75 Å². The van der Waals surface area contributed by atoms with Gasteiger partial charge < -0.3 is 14.6 Å². The van der Waals surface area contributed by atoms with Crippen molar-refractivity contribution in [1.82, 2.24) is 0 Å². The van der Waals surface area contributed by atoms with Gasteiger partial charge in [0.1, 0.15) is 11.9 Å². The molecule has 0 radical (unpaired) electrons. The molecule has 0 aromatic heterocycles. The summed E-state index contributed by atoms with van der Waals surface area (Å²) in [6, 6.07) is 7.51. The van der Waals surface area contributed by atoms with E-state index in [9.17, 15) is 5.11 Å². The van der Waals surface area contributed by atoms with E-state index in [-0.39, 0.29) is 0 Å². The summed E-state index contributed by atoms with van der Waals surface area (Å²) in [7, 11) is 1.63. The predicted molar refractivity (Wildman–Crippen MR) is 72.9 cm³/mol. The third-order valence-corrected chi connectivity index (χ3v) is 3.56. The molecule has 0 aliphatic heterocycles. The highest BCUT2D eigenvalue weighted by Crippen LogP contribution is 2.35. The highest BCUT2D eigenvalue weighted by molar-refractivity contribution is 5.29. The van der Waals surface area contributed by atoms with E-state index < -0.39 is 11.7 Å². The van der Waals surface area contributed by atoms with Crippen LogP contribution in [0.15, 0.2) is 24.3 Å². The van der Waals surface area contributed by atoms with Crippen molar-refractivity contribution in [3.63, 3.8) is 0 Å². The minimum atomic E-state index is -0.613. The van der Waals surface area contributed by atoms with Gasteiger partial charge in [0, 0.05) is 6.61 Å². The van der Waals surface area contributed by atoms with E-state index in [4.69, 9.17) is 9.47 Å². The second-order valence-electron chi connectivity index (χ2n) is 4.38. The van der Waals surface area contributed by atoms with Crippen molar-refractivity contribution in [1.29, 1.82) is 0 Å². The average Bonchev–Trinajstić information content (AvgIpc) is 2.44. The summed E-state index contributed by atoms with van der Waals surface area (Å²) >= 11 is 0. The predicted octanol–water partition coefficient (Wildman–Crippen LogP) is 3.32. The molecule has 3 nitrogen and oxygen atoms in total. The Labute approximate surface area is 110 Å². The van der Waals surface area contributed by atoms with Crippen molar-refractivity contribution in [3.05, 3.63) is 29.8 Å². The van der Waals surface area contributed by atoms with Gasteiger partial charge in [0.25, 0.3) is 0 Å². The fraction of sp³-hybridized carbons (Fsp3) is 0.600. The van der Waals surface area contributed by atoms with Gasteiger partial charge in [-0.05, 0) is 37.5 Å². The third-order valence-electron chi connectivity index (χ3n) is 3.56. The molecular weight excluding hydrogens is 228 g/mol. The van der Waals surface area contributed by atoms with Gasteiger partial charge in [-0.25, -0.2) is 0 Å². The van der Waals surface area contributed by atoms with Gasteiger partial charge in [0.05, 0.1) is 12.7 Å². The fourth-order valence-corrected chi connectivity index (χ4v) is 2.30. The molecule has 102 valence electrons. The topological polar surface area (TPSA) is 38.7 Å². The number of methoxy groups -OCH3 is 1. The molecule has 0 fully saturated rings. The molecule has 0 saturated heterocycles. The first-order valence-corrected chi connectivity index (χ1v) is 6.59. The van der Waals surface area contributed by atoms with E-state index in [1.807, 2.05) is 45.0 Å². The van der Waals surface area contributed by atoms with Crippen LogP contribution in [-0.4, -0.2) is 24.4 Å². The van der Waals surface area contributed by atoms with Crippen LogP contribution < -0.4 is 4.74 Å². The van der Waals surface area contributed by atoms with Crippen molar-refractivity contribution in [2.75, 3.05) is 13.7 Å². The smallest absolute Gasteiger partial charge is 0.118 e. The fourth-order valence-electron chi connectivity index (χ4n) is 2.30. The Morgan fingerprint density at radius 3 is 2.06 bits per heavy atom. The summed E-state index contributed by atoms with van der Waals surface area (Å²) in [6.45, 7) is 6.66. The van der Waals surface area contributed by atoms with Gasteiger partial charge in [0.15, 0.2) is 0 Å². The van der Waals surface area contributed by atoms with Gasteiger partial charge in [-0.3, -0.25) is 0 Å². The molecular formula is C15H24O3. The monoisotopic (exact) mass is 252 g/mol. The molecule has 1 unspecified atom stereocenters. The lowest BCUT2D eigenvalue weighted by atomic mass is 9.86. The summed E-state index contributed by atoms with van der Waals surface area (Å²) < 4.78 is 10.9. The zero-order valence-corrected chi connectivity index (χ0v) is 11.8. The summed E-state index contributed by atoms with van der Waals surface area (Å²) in [5.74, 6) is 0.793. The molecule has 1 aromatic carbocycles. The molecule has 0 spiro atoms. The Balaban J connectivity index is 2.97. The highest BCUT2D eigenvalue weighted by Gasteiger charge is 2.36. The summed E-state index contributed by atoms with van der Waals surface area (Å²) in [6.07, 6.45) is 0.952. The van der Waals surface area contributed by atoms with Gasteiger partial charge >= 0.3 is 0 Å². The van der Waals surface area contributed by atoms with Crippen LogP contribution in [0.4, 0.5) is 0 Å². The van der Waals surface area contributed by atoms with E-state index >= 15 is 0 Å². The second-order valence-corrected chi connectivity index (χ2v) is 4.38. The number of ether oxygens (including phenoxy) is 2. The summed E-state index contributed by atoms with van der Waals surface area (Å²) in [5.41, 5.74) is 0.372. The Bertz CT molecular complexity index is 341. The quantitative estimate of drug-likeness (QED) is 0.809. The Morgan fingerprint density at radius 1 is 1.11 bits per heavy atom. The molecule has 0 bridgehead atoms. The number of benzene rings is 1. The minimum absolute atomic E-state index is 0.497. The lowest BCUT2D eigenvalue weighted by Gasteiger charge is -2.36. The van der Waals surface area contributed by atoms with Crippen LogP contribution in [0.1, 0.15) is 45.3 Å². The molecule has 3 heteroatoms. The molecule has 1 aromatic rings. The Kier molecular flexibility index (Phi) is 5.63. The molecule has 0 saturated carbocycles. The van der Waals surface area contributed by atoms with Crippen molar-refractivity contribution in [2.45, 2.75) is 45.3 Å². The first kappa shape index (κ1) is 15.0. The zero-order chi connectivity index (χ0) is 13.6. The molecule has 0 heterocycles. The van der Waals surface area contributed by atoms with Gasteiger partial charge in [-0.1, -0.05) is 26.0 Å². The maximum absolute atomic E-state index is 10.6. The maximum atomic E-state index is 10.6. The normalized spacial score (nSPS) is 13.4. The van der Waals surface area contributed by atoms with E-state index in [1.165, 1.54) is 0 Å². The lowest BCUT2D eigenvalue weighted by Crippen LogP contribution is -2.38. The van der Waals surface area contributed by atoms with Crippen molar-refractivity contribution in [2.24, 2.45) is 0 Å². The first-order chi connectivity index (χ1) is 8.63. The number of aliphatic hydroxyl groups excluding tert-OH is 1. The number of hydrogen-bond donors (Lipinski definition) is 1. The van der Waals surface area contributed by atoms with Crippen LogP contribution in [0, 0.1) is 0 Å². The van der Waals surface area contributed by atoms with E-state index in [0.29, 0.717) is 6.61 Å². The highest BCUT2D eigenvalue weighted by atomic mass is 16.5.